The van der Waals surface area contributed by atoms with Crippen LogP contribution in [0.3, 0.4) is 0 Å². The first-order valence-electron chi connectivity index (χ1n) is 5.35. The van der Waals surface area contributed by atoms with Crippen molar-refractivity contribution in [3.05, 3.63) is 28.8 Å². The third-order valence-corrected chi connectivity index (χ3v) is 5.23. The SMILES string of the molecule is CN(C1CNC1)S(=O)(=O)c1ccc(C#N)c(Cl)c1. The molecule has 0 amide bonds. The molecular formula is C11H12ClN3O2S. The summed E-state index contributed by atoms with van der Waals surface area (Å²) in [4.78, 5) is 0.112. The molecule has 7 heteroatoms. The van der Waals surface area contributed by atoms with Crippen LogP contribution in [0.4, 0.5) is 0 Å². The van der Waals surface area contributed by atoms with Gasteiger partial charge in [0.25, 0.3) is 0 Å². The highest BCUT2D eigenvalue weighted by Crippen LogP contribution is 2.23. The van der Waals surface area contributed by atoms with Crippen molar-refractivity contribution < 1.29 is 8.42 Å². The van der Waals surface area contributed by atoms with E-state index in [2.05, 4.69) is 5.32 Å². The smallest absolute Gasteiger partial charge is 0.243 e. The van der Waals surface area contributed by atoms with E-state index in [0.29, 0.717) is 13.1 Å². The largest absolute Gasteiger partial charge is 0.313 e. The van der Waals surface area contributed by atoms with Gasteiger partial charge < -0.3 is 5.32 Å². The van der Waals surface area contributed by atoms with E-state index in [1.165, 1.54) is 22.5 Å². The lowest BCUT2D eigenvalue weighted by atomic mass is 10.2. The second-order valence-corrected chi connectivity index (χ2v) is 6.49. The Balaban J connectivity index is 2.35. The molecule has 0 saturated carbocycles. The molecule has 1 saturated heterocycles. The Labute approximate surface area is 111 Å². The van der Waals surface area contributed by atoms with E-state index in [9.17, 15) is 8.42 Å². The summed E-state index contributed by atoms with van der Waals surface area (Å²) >= 11 is 5.85. The van der Waals surface area contributed by atoms with Gasteiger partial charge in [0.05, 0.1) is 15.5 Å². The number of likely N-dealkylation sites (N-methyl/N-ethyl adjacent to an activating group) is 1. The molecule has 1 fully saturated rings. The van der Waals surface area contributed by atoms with Crippen LogP contribution in [0.1, 0.15) is 5.56 Å². The van der Waals surface area contributed by atoms with Crippen LogP contribution in [-0.2, 0) is 10.0 Å². The summed E-state index contributed by atoms with van der Waals surface area (Å²) in [6, 6.07) is 6.02. The minimum absolute atomic E-state index is 0.0237. The molecule has 1 aromatic carbocycles. The minimum Gasteiger partial charge on any atom is -0.313 e. The highest BCUT2D eigenvalue weighted by Gasteiger charge is 2.31. The molecule has 1 N–H and O–H groups in total. The molecule has 0 bridgehead atoms. The fraction of sp³-hybridized carbons (Fsp3) is 0.364. The molecule has 0 aliphatic carbocycles. The summed E-state index contributed by atoms with van der Waals surface area (Å²) in [6.07, 6.45) is 0. The molecule has 1 aromatic rings. The first-order valence-corrected chi connectivity index (χ1v) is 7.17. The van der Waals surface area contributed by atoms with E-state index in [1.54, 1.807) is 7.05 Å². The Morgan fingerprint density at radius 2 is 2.17 bits per heavy atom. The molecule has 1 aliphatic rings. The maximum atomic E-state index is 12.3. The highest BCUT2D eigenvalue weighted by molar-refractivity contribution is 7.89. The standard InChI is InChI=1S/C11H12ClN3O2S/c1-15(9-6-14-7-9)18(16,17)10-3-2-8(5-13)11(12)4-10/h2-4,9,14H,6-7H2,1H3. The van der Waals surface area contributed by atoms with Crippen molar-refractivity contribution in [2.24, 2.45) is 0 Å². The Morgan fingerprint density at radius 1 is 1.50 bits per heavy atom. The molecule has 0 aromatic heterocycles. The molecule has 0 atom stereocenters. The number of sulfonamides is 1. The van der Waals surface area contributed by atoms with Crippen LogP contribution in [-0.4, -0.2) is 38.9 Å². The van der Waals surface area contributed by atoms with Crippen molar-refractivity contribution in [2.75, 3.05) is 20.1 Å². The van der Waals surface area contributed by atoms with Crippen molar-refractivity contribution >= 4 is 21.6 Å². The Hall–Kier alpha value is -1.13. The normalized spacial score (nSPS) is 16.3. The Morgan fingerprint density at radius 3 is 2.61 bits per heavy atom. The summed E-state index contributed by atoms with van der Waals surface area (Å²) in [5.74, 6) is 0. The van der Waals surface area contributed by atoms with E-state index in [4.69, 9.17) is 16.9 Å². The van der Waals surface area contributed by atoms with Crippen molar-refractivity contribution in [1.29, 1.82) is 5.26 Å². The molecule has 5 nitrogen and oxygen atoms in total. The fourth-order valence-corrected chi connectivity index (χ4v) is 3.31. The van der Waals surface area contributed by atoms with Gasteiger partial charge in [-0.05, 0) is 18.2 Å². The first kappa shape index (κ1) is 13.3. The van der Waals surface area contributed by atoms with E-state index in [-0.39, 0.29) is 21.5 Å². The van der Waals surface area contributed by atoms with Gasteiger partial charge in [0.1, 0.15) is 6.07 Å². The number of nitriles is 1. The highest BCUT2D eigenvalue weighted by atomic mass is 35.5. The predicted octanol–water partition coefficient (Wildman–Crippen LogP) is 0.804. The first-order chi connectivity index (χ1) is 8.46. The molecule has 1 heterocycles. The minimum atomic E-state index is -3.55. The molecule has 1 aliphatic heterocycles. The maximum absolute atomic E-state index is 12.3. The van der Waals surface area contributed by atoms with Crippen LogP contribution in [0.5, 0.6) is 0 Å². The second kappa shape index (κ2) is 4.86. The van der Waals surface area contributed by atoms with Crippen LogP contribution in [0.2, 0.25) is 5.02 Å². The molecule has 0 radical (unpaired) electrons. The van der Waals surface area contributed by atoms with E-state index in [0.717, 1.165) is 0 Å². The zero-order chi connectivity index (χ0) is 13.3. The molecular weight excluding hydrogens is 274 g/mol. The summed E-state index contributed by atoms with van der Waals surface area (Å²) in [5.41, 5.74) is 0.267. The second-order valence-electron chi connectivity index (χ2n) is 4.09. The summed E-state index contributed by atoms with van der Waals surface area (Å²) in [7, 11) is -2.00. The van der Waals surface area contributed by atoms with Crippen LogP contribution < -0.4 is 5.32 Å². The zero-order valence-corrected chi connectivity index (χ0v) is 11.3. The van der Waals surface area contributed by atoms with Gasteiger partial charge >= 0.3 is 0 Å². The third-order valence-electron chi connectivity index (χ3n) is 3.01. The zero-order valence-electron chi connectivity index (χ0n) is 9.72. The van der Waals surface area contributed by atoms with Gasteiger partial charge in [0.15, 0.2) is 0 Å². The lowest BCUT2D eigenvalue weighted by molar-refractivity contribution is 0.274. The summed E-state index contributed by atoms with van der Waals surface area (Å²) in [6.45, 7) is 1.31. The number of benzene rings is 1. The van der Waals surface area contributed by atoms with Crippen molar-refractivity contribution in [3.8, 4) is 6.07 Å². The molecule has 96 valence electrons. The molecule has 2 rings (SSSR count). The lowest BCUT2D eigenvalue weighted by Crippen LogP contribution is -2.57. The van der Waals surface area contributed by atoms with Crippen LogP contribution in [0.25, 0.3) is 0 Å². The van der Waals surface area contributed by atoms with Gasteiger partial charge in [0.2, 0.25) is 10.0 Å². The van der Waals surface area contributed by atoms with Gasteiger partial charge in [-0.3, -0.25) is 0 Å². The monoisotopic (exact) mass is 285 g/mol. The Kier molecular flexibility index (Phi) is 3.59. The van der Waals surface area contributed by atoms with Crippen molar-refractivity contribution in [1.82, 2.24) is 9.62 Å². The van der Waals surface area contributed by atoms with E-state index < -0.39 is 10.0 Å². The third kappa shape index (κ3) is 2.22. The molecule has 0 unspecified atom stereocenters. The number of nitrogens with zero attached hydrogens (tertiary/aromatic N) is 2. The maximum Gasteiger partial charge on any atom is 0.243 e. The summed E-state index contributed by atoms with van der Waals surface area (Å²) < 4.78 is 25.9. The fourth-order valence-electron chi connectivity index (χ4n) is 1.64. The van der Waals surface area contributed by atoms with Crippen molar-refractivity contribution in [2.45, 2.75) is 10.9 Å². The van der Waals surface area contributed by atoms with Gasteiger partial charge in [-0.15, -0.1) is 0 Å². The number of hydrogen-bond donors (Lipinski definition) is 1. The van der Waals surface area contributed by atoms with Gasteiger partial charge in [0, 0.05) is 26.2 Å². The van der Waals surface area contributed by atoms with Crippen LogP contribution >= 0.6 is 11.6 Å². The van der Waals surface area contributed by atoms with E-state index >= 15 is 0 Å². The summed E-state index contributed by atoms with van der Waals surface area (Å²) in [5, 5.41) is 11.9. The average Bonchev–Trinajstić information content (AvgIpc) is 2.26. The molecule has 18 heavy (non-hydrogen) atoms. The number of hydrogen-bond acceptors (Lipinski definition) is 4. The predicted molar refractivity (Wildman–Crippen MR) is 67.8 cm³/mol. The van der Waals surface area contributed by atoms with Crippen LogP contribution in [0, 0.1) is 11.3 Å². The van der Waals surface area contributed by atoms with Gasteiger partial charge in [-0.1, -0.05) is 11.6 Å². The van der Waals surface area contributed by atoms with E-state index in [1.807, 2.05) is 6.07 Å². The van der Waals surface area contributed by atoms with Crippen LogP contribution in [0.15, 0.2) is 23.1 Å². The lowest BCUT2D eigenvalue weighted by Gasteiger charge is -2.34. The van der Waals surface area contributed by atoms with Gasteiger partial charge in [-0.25, -0.2) is 8.42 Å². The topological polar surface area (TPSA) is 73.2 Å². The Bertz CT molecular complexity index is 605. The average molecular weight is 286 g/mol. The number of rotatable bonds is 3. The van der Waals surface area contributed by atoms with Gasteiger partial charge in [-0.2, -0.15) is 9.57 Å². The van der Waals surface area contributed by atoms with Crippen molar-refractivity contribution in [3.63, 3.8) is 0 Å². The molecule has 0 spiro atoms. The number of halogens is 1. The number of nitrogens with one attached hydrogen (secondary N) is 1. The quantitative estimate of drug-likeness (QED) is 0.892.